The Hall–Kier alpha value is -3.06. The normalized spacial score (nSPS) is 17.2. The van der Waals surface area contributed by atoms with Crippen molar-refractivity contribution in [1.82, 2.24) is 5.32 Å². The number of amidine groups is 1. The predicted molar refractivity (Wildman–Crippen MR) is 92.3 cm³/mol. The van der Waals surface area contributed by atoms with Gasteiger partial charge in [-0.2, -0.15) is 0 Å². The van der Waals surface area contributed by atoms with Gasteiger partial charge in [0.05, 0.1) is 16.2 Å². The Balaban J connectivity index is 1.80. The molecule has 3 N–H and O–H groups in total. The number of hydrogen-bond donors (Lipinski definition) is 3. The Labute approximate surface area is 141 Å². The van der Waals surface area contributed by atoms with Gasteiger partial charge in [-0.05, 0) is 47.7 Å². The standard InChI is InChI=1S/C17H12N2O4S/c20-13-3-1-2-12(9-13)18-17-19-15(21)14(24-17)8-10-4-6-11(7-5-10)16(22)23/h1-9,20H,(H,22,23)(H,18,19,21)/b14-8-. The molecule has 6 nitrogen and oxygen atoms in total. The number of carbonyl (C=O) groups excluding carboxylic acids is 1. The highest BCUT2D eigenvalue weighted by atomic mass is 32.2. The smallest absolute Gasteiger partial charge is 0.335 e. The highest BCUT2D eigenvalue weighted by Gasteiger charge is 2.23. The number of hydrogen-bond acceptors (Lipinski definition) is 5. The third-order valence-corrected chi connectivity index (χ3v) is 4.08. The summed E-state index contributed by atoms with van der Waals surface area (Å²) in [5.74, 6) is -1.18. The molecule has 1 aliphatic rings. The number of nitrogens with zero attached hydrogens (tertiary/aromatic N) is 1. The van der Waals surface area contributed by atoms with Crippen LogP contribution in [0.1, 0.15) is 15.9 Å². The maximum atomic E-state index is 12.0. The van der Waals surface area contributed by atoms with Gasteiger partial charge in [0.15, 0.2) is 5.17 Å². The second kappa shape index (κ2) is 6.59. The van der Waals surface area contributed by atoms with E-state index >= 15 is 0 Å². The van der Waals surface area contributed by atoms with Crippen molar-refractivity contribution in [2.45, 2.75) is 0 Å². The van der Waals surface area contributed by atoms with Crippen LogP contribution in [0.3, 0.4) is 0 Å². The second-order valence-electron chi connectivity index (χ2n) is 4.93. The molecule has 0 unspecified atom stereocenters. The summed E-state index contributed by atoms with van der Waals surface area (Å²) in [6.45, 7) is 0. The minimum Gasteiger partial charge on any atom is -0.508 e. The van der Waals surface area contributed by atoms with E-state index < -0.39 is 5.97 Å². The molecule has 0 spiro atoms. The fourth-order valence-corrected chi connectivity index (χ4v) is 2.88. The number of aromatic carboxylic acids is 1. The minimum absolute atomic E-state index is 0.0976. The zero-order valence-electron chi connectivity index (χ0n) is 12.3. The number of aromatic hydroxyl groups is 1. The van der Waals surface area contributed by atoms with E-state index in [-0.39, 0.29) is 17.2 Å². The Kier molecular flexibility index (Phi) is 4.35. The lowest BCUT2D eigenvalue weighted by Crippen LogP contribution is -2.19. The zero-order chi connectivity index (χ0) is 17.1. The van der Waals surface area contributed by atoms with Crippen LogP contribution in [-0.2, 0) is 4.79 Å². The predicted octanol–water partition coefficient (Wildman–Crippen LogP) is 2.98. The number of carboxylic acids is 1. The molecule has 0 aliphatic carbocycles. The third kappa shape index (κ3) is 3.64. The molecule has 24 heavy (non-hydrogen) atoms. The number of aliphatic imine (C=N–C) groups is 1. The monoisotopic (exact) mass is 340 g/mol. The van der Waals surface area contributed by atoms with E-state index in [2.05, 4.69) is 10.3 Å². The van der Waals surface area contributed by atoms with Gasteiger partial charge >= 0.3 is 5.97 Å². The van der Waals surface area contributed by atoms with Crippen LogP contribution in [0.25, 0.3) is 6.08 Å². The van der Waals surface area contributed by atoms with Crippen LogP contribution in [0.5, 0.6) is 5.75 Å². The summed E-state index contributed by atoms with van der Waals surface area (Å²) >= 11 is 1.18. The molecular weight excluding hydrogens is 328 g/mol. The molecule has 1 amide bonds. The molecule has 3 rings (SSSR count). The summed E-state index contributed by atoms with van der Waals surface area (Å²) < 4.78 is 0. The third-order valence-electron chi connectivity index (χ3n) is 3.17. The van der Waals surface area contributed by atoms with Crippen LogP contribution in [0.15, 0.2) is 58.4 Å². The number of benzene rings is 2. The first-order valence-corrected chi connectivity index (χ1v) is 7.75. The van der Waals surface area contributed by atoms with Crippen molar-refractivity contribution in [2.75, 3.05) is 0 Å². The van der Waals surface area contributed by atoms with Gasteiger partial charge in [0.25, 0.3) is 5.91 Å². The summed E-state index contributed by atoms with van der Waals surface area (Å²) in [6.07, 6.45) is 1.66. The van der Waals surface area contributed by atoms with Crippen molar-refractivity contribution >= 4 is 40.6 Å². The van der Waals surface area contributed by atoms with E-state index in [1.807, 2.05) is 0 Å². The highest BCUT2D eigenvalue weighted by Crippen LogP contribution is 2.28. The molecule has 1 aliphatic heterocycles. The first-order chi connectivity index (χ1) is 11.5. The van der Waals surface area contributed by atoms with Crippen molar-refractivity contribution in [1.29, 1.82) is 0 Å². The van der Waals surface area contributed by atoms with Gasteiger partial charge in [-0.25, -0.2) is 9.79 Å². The number of carboxylic acid groups (broad SMARTS) is 1. The summed E-state index contributed by atoms with van der Waals surface area (Å²) in [5, 5.41) is 21.4. The first kappa shape index (κ1) is 15.8. The largest absolute Gasteiger partial charge is 0.508 e. The summed E-state index contributed by atoms with van der Waals surface area (Å²) in [6, 6.07) is 12.6. The van der Waals surface area contributed by atoms with Crippen molar-refractivity contribution in [3.63, 3.8) is 0 Å². The topological polar surface area (TPSA) is 99.0 Å². The number of thioether (sulfide) groups is 1. The van der Waals surface area contributed by atoms with Crippen molar-refractivity contribution in [3.8, 4) is 5.75 Å². The molecule has 2 aromatic rings. The molecular formula is C17H12N2O4S. The number of phenols is 1. The van der Waals surface area contributed by atoms with Crippen LogP contribution < -0.4 is 5.32 Å². The molecule has 120 valence electrons. The van der Waals surface area contributed by atoms with Crippen LogP contribution in [0, 0.1) is 0 Å². The van der Waals surface area contributed by atoms with Gasteiger partial charge in [0.1, 0.15) is 5.75 Å². The van der Waals surface area contributed by atoms with Crippen molar-refractivity contribution in [3.05, 3.63) is 64.6 Å². The lowest BCUT2D eigenvalue weighted by atomic mass is 10.1. The Bertz CT molecular complexity index is 872. The number of phenolic OH excluding ortho intramolecular Hbond substituents is 1. The SMILES string of the molecule is O=C1NC(=Nc2cccc(O)c2)S/C1=C\c1ccc(C(=O)O)cc1. The van der Waals surface area contributed by atoms with Crippen LogP contribution in [0.4, 0.5) is 5.69 Å². The second-order valence-corrected chi connectivity index (χ2v) is 5.96. The first-order valence-electron chi connectivity index (χ1n) is 6.93. The minimum atomic E-state index is -0.997. The van der Waals surface area contributed by atoms with E-state index in [4.69, 9.17) is 5.11 Å². The molecule has 0 radical (unpaired) electrons. The lowest BCUT2D eigenvalue weighted by Gasteiger charge is -1.97. The maximum absolute atomic E-state index is 12.0. The Morgan fingerprint density at radius 3 is 2.58 bits per heavy atom. The average molecular weight is 340 g/mol. The fourth-order valence-electron chi connectivity index (χ4n) is 2.03. The van der Waals surface area contributed by atoms with Crippen LogP contribution in [0.2, 0.25) is 0 Å². The van der Waals surface area contributed by atoms with E-state index in [0.717, 1.165) is 5.56 Å². The van der Waals surface area contributed by atoms with E-state index in [1.165, 1.54) is 36.0 Å². The van der Waals surface area contributed by atoms with Crippen LogP contribution >= 0.6 is 11.8 Å². The van der Waals surface area contributed by atoms with Crippen molar-refractivity contribution in [2.24, 2.45) is 4.99 Å². The molecule has 1 saturated heterocycles. The van der Waals surface area contributed by atoms with E-state index in [1.54, 1.807) is 30.3 Å². The average Bonchev–Trinajstić information content (AvgIpc) is 2.87. The number of rotatable bonds is 3. The highest BCUT2D eigenvalue weighted by molar-refractivity contribution is 8.18. The summed E-state index contributed by atoms with van der Waals surface area (Å²) in [4.78, 5) is 27.6. The van der Waals surface area contributed by atoms with Crippen LogP contribution in [-0.4, -0.2) is 27.3 Å². The van der Waals surface area contributed by atoms with Gasteiger partial charge < -0.3 is 15.5 Å². The number of nitrogens with one attached hydrogen (secondary N) is 1. The maximum Gasteiger partial charge on any atom is 0.335 e. The fraction of sp³-hybridized carbons (Fsp3) is 0. The summed E-state index contributed by atoms with van der Waals surface area (Å²) in [7, 11) is 0. The molecule has 0 atom stereocenters. The number of amides is 1. The van der Waals surface area contributed by atoms with Gasteiger partial charge in [0, 0.05) is 6.07 Å². The van der Waals surface area contributed by atoms with Gasteiger partial charge in [-0.1, -0.05) is 18.2 Å². The van der Waals surface area contributed by atoms with Crippen molar-refractivity contribution < 1.29 is 19.8 Å². The molecule has 0 aromatic heterocycles. The molecule has 0 bridgehead atoms. The molecule has 1 heterocycles. The zero-order valence-corrected chi connectivity index (χ0v) is 13.1. The Morgan fingerprint density at radius 1 is 1.17 bits per heavy atom. The van der Waals surface area contributed by atoms with Gasteiger partial charge in [0.2, 0.25) is 0 Å². The van der Waals surface area contributed by atoms with E-state index in [0.29, 0.717) is 15.8 Å². The quantitative estimate of drug-likeness (QED) is 0.746. The van der Waals surface area contributed by atoms with Gasteiger partial charge in [-0.15, -0.1) is 0 Å². The Morgan fingerprint density at radius 2 is 1.92 bits per heavy atom. The number of carbonyl (C=O) groups is 2. The molecule has 0 saturated carbocycles. The van der Waals surface area contributed by atoms with E-state index in [9.17, 15) is 14.7 Å². The molecule has 7 heteroatoms. The van der Waals surface area contributed by atoms with Gasteiger partial charge in [-0.3, -0.25) is 4.79 Å². The summed E-state index contributed by atoms with van der Waals surface area (Å²) in [5.41, 5.74) is 1.44. The lowest BCUT2D eigenvalue weighted by molar-refractivity contribution is -0.115. The molecule has 1 fully saturated rings. The molecule has 2 aromatic carbocycles.